The second-order valence-corrected chi connectivity index (χ2v) is 20.4. The van der Waals surface area contributed by atoms with E-state index < -0.39 is 88.3 Å². The number of hydrogen-bond donors (Lipinski definition) is 3. The van der Waals surface area contributed by atoms with Crippen LogP contribution in [0.5, 0.6) is 0 Å². The largest absolute Gasteiger partial charge is 0.459 e. The van der Waals surface area contributed by atoms with Crippen molar-refractivity contribution in [2.24, 2.45) is 28.8 Å². The summed E-state index contributed by atoms with van der Waals surface area (Å²) >= 11 is 0. The smallest absolute Gasteiger partial charge is 0.316 e. The Morgan fingerprint density at radius 3 is 2.26 bits per heavy atom. The first-order valence-corrected chi connectivity index (χ1v) is 24.4. The SMILES string of the molecule is CC[C@H]1OC(=O)[C@H](C)C(=O)[C@H](C)[C@@H](O[C@@H]2O[C@H](C)C[C@H](N(C)CCc3cn(CCc4ccc([N+](=O)[O-])cc4)nn3)[C@H]2O)[C@](C)(OC)C[C@@H](C)/C(=N\O[C@H]2CC[C@@H](N(C)C)CC2)[C@H](C)[C@@H](O)[C@]1(C)O. The number of rotatable bonds is 15. The average molecular weight is 958 g/mol. The minimum absolute atomic E-state index is 0.0404. The number of aliphatic hydroxyl groups is 3. The lowest BCUT2D eigenvalue weighted by Gasteiger charge is -2.47. The molecular formula is C49H79N7O12. The van der Waals surface area contributed by atoms with E-state index in [9.17, 15) is 35.0 Å². The Morgan fingerprint density at radius 1 is 1.00 bits per heavy atom. The molecular weight excluding hydrogens is 879 g/mol. The summed E-state index contributed by atoms with van der Waals surface area (Å²) in [7, 11) is 7.59. The Hall–Kier alpha value is -3.95. The Labute approximate surface area is 402 Å². The highest BCUT2D eigenvalue weighted by Crippen LogP contribution is 2.39. The molecule has 3 fully saturated rings. The zero-order valence-corrected chi connectivity index (χ0v) is 42.3. The second kappa shape index (κ2) is 23.8. The maximum atomic E-state index is 14.5. The van der Waals surface area contributed by atoms with Gasteiger partial charge in [-0.15, -0.1) is 5.10 Å². The highest BCUT2D eigenvalue weighted by atomic mass is 16.7. The number of nitro benzene ring substituents is 1. The van der Waals surface area contributed by atoms with Gasteiger partial charge in [-0.3, -0.25) is 24.4 Å². The van der Waals surface area contributed by atoms with E-state index >= 15 is 0 Å². The molecule has 19 nitrogen and oxygen atoms in total. The number of Topliss-reactive ketones (excluding diaryl/α,β-unsaturated/α-hetero) is 1. The molecule has 1 saturated carbocycles. The van der Waals surface area contributed by atoms with Gasteiger partial charge in [0.05, 0.1) is 40.2 Å². The number of benzene rings is 1. The van der Waals surface area contributed by atoms with Gasteiger partial charge in [0.25, 0.3) is 5.69 Å². The molecule has 1 aromatic carbocycles. The van der Waals surface area contributed by atoms with Crippen LogP contribution < -0.4 is 0 Å². The lowest BCUT2D eigenvalue weighted by Crippen LogP contribution is -2.60. The Kier molecular flexibility index (Phi) is 19.2. The molecule has 19 heteroatoms. The van der Waals surface area contributed by atoms with Crippen molar-refractivity contribution in [1.29, 1.82) is 0 Å². The van der Waals surface area contributed by atoms with E-state index in [1.807, 2.05) is 38.9 Å². The number of ketones is 1. The van der Waals surface area contributed by atoms with Crippen LogP contribution in [0.25, 0.3) is 0 Å². The first kappa shape index (κ1) is 55.0. The van der Waals surface area contributed by atoms with Gasteiger partial charge in [-0.2, -0.15) is 0 Å². The van der Waals surface area contributed by atoms with Crippen molar-refractivity contribution in [2.45, 2.75) is 186 Å². The summed E-state index contributed by atoms with van der Waals surface area (Å²) in [4.78, 5) is 49.4. The number of ether oxygens (including phenoxy) is 4. The summed E-state index contributed by atoms with van der Waals surface area (Å²) in [6.07, 6.45) is 0.811. The van der Waals surface area contributed by atoms with Gasteiger partial charge >= 0.3 is 5.97 Å². The van der Waals surface area contributed by atoms with Gasteiger partial charge in [0.2, 0.25) is 0 Å². The zero-order valence-electron chi connectivity index (χ0n) is 42.3. The number of esters is 1. The fourth-order valence-electron chi connectivity index (χ4n) is 10.4. The third-order valence-electron chi connectivity index (χ3n) is 15.0. The summed E-state index contributed by atoms with van der Waals surface area (Å²) < 4.78 is 27.1. The molecule has 5 rings (SSSR count). The highest BCUT2D eigenvalue weighted by Gasteiger charge is 2.52. The van der Waals surface area contributed by atoms with Crippen molar-refractivity contribution < 1.29 is 53.6 Å². The fourth-order valence-corrected chi connectivity index (χ4v) is 10.4. The van der Waals surface area contributed by atoms with Crippen molar-refractivity contribution in [3.05, 3.63) is 51.8 Å². The predicted octanol–water partition coefficient (Wildman–Crippen LogP) is 4.75. The molecule has 13 atom stereocenters. The first-order valence-electron chi connectivity index (χ1n) is 24.4. The van der Waals surface area contributed by atoms with E-state index in [1.54, 1.807) is 37.6 Å². The maximum Gasteiger partial charge on any atom is 0.316 e. The van der Waals surface area contributed by atoms with Gasteiger partial charge in [-0.1, -0.05) is 50.2 Å². The van der Waals surface area contributed by atoms with Crippen molar-refractivity contribution in [1.82, 2.24) is 24.8 Å². The minimum atomic E-state index is -1.92. The van der Waals surface area contributed by atoms with Gasteiger partial charge < -0.3 is 48.9 Å². The van der Waals surface area contributed by atoms with E-state index in [0.29, 0.717) is 44.1 Å². The van der Waals surface area contributed by atoms with Crippen LogP contribution in [0, 0.1) is 33.8 Å². The summed E-state index contributed by atoms with van der Waals surface area (Å²) in [6.45, 7) is 14.8. The van der Waals surface area contributed by atoms with Gasteiger partial charge in [-0.05, 0) is 106 Å². The van der Waals surface area contributed by atoms with Gasteiger partial charge in [0.1, 0.15) is 29.8 Å². The minimum Gasteiger partial charge on any atom is -0.459 e. The number of non-ortho nitro benzene ring substituents is 1. The number of methoxy groups -OCH3 is 1. The lowest BCUT2D eigenvalue weighted by molar-refractivity contribution is -0.384. The number of hydrogen-bond acceptors (Lipinski definition) is 17. The van der Waals surface area contributed by atoms with Crippen LogP contribution in [-0.2, 0) is 52.8 Å². The quantitative estimate of drug-likeness (QED) is 0.0946. The molecule has 382 valence electrons. The van der Waals surface area contributed by atoms with Crippen LogP contribution in [0.2, 0.25) is 0 Å². The lowest BCUT2D eigenvalue weighted by atomic mass is 9.74. The molecule has 2 aliphatic heterocycles. The number of nitrogens with zero attached hydrogens (tertiary/aromatic N) is 7. The van der Waals surface area contributed by atoms with Crippen molar-refractivity contribution in [2.75, 3.05) is 34.8 Å². The molecule has 1 aliphatic carbocycles. The number of carbonyl (C=O) groups is 2. The predicted molar refractivity (Wildman–Crippen MR) is 254 cm³/mol. The van der Waals surface area contributed by atoms with Gasteiger partial charge in [0, 0.05) is 74.8 Å². The monoisotopic (exact) mass is 958 g/mol. The van der Waals surface area contributed by atoms with Crippen LogP contribution in [-0.4, -0.2) is 163 Å². The fraction of sp³-hybridized carbons (Fsp3) is 0.776. The summed E-state index contributed by atoms with van der Waals surface area (Å²) in [5.74, 6) is -4.85. The molecule has 0 spiro atoms. The molecule has 3 heterocycles. The topological polar surface area (TPSA) is 234 Å². The molecule has 3 aliphatic rings. The molecule has 68 heavy (non-hydrogen) atoms. The number of cyclic esters (lactones) is 1. The van der Waals surface area contributed by atoms with Crippen LogP contribution in [0.15, 0.2) is 35.6 Å². The molecule has 0 unspecified atom stereocenters. The van der Waals surface area contributed by atoms with E-state index in [-0.39, 0.29) is 30.7 Å². The average Bonchev–Trinajstić information content (AvgIpc) is 3.78. The van der Waals surface area contributed by atoms with Crippen LogP contribution in [0.1, 0.15) is 112 Å². The number of carbonyl (C=O) groups excluding carboxylic acids is 2. The van der Waals surface area contributed by atoms with E-state index in [0.717, 1.165) is 36.9 Å². The molecule has 0 radical (unpaired) electrons. The standard InChI is InChI=1S/C49H79N7O12/c1-13-40-49(8,61)44(59)31(4)41(51-68-38-20-18-36(19-21-38)53(9)10)29(2)27-48(7,64-12)45(32(5)42(57)33(6)46(60)66-40)67-47-43(58)39(26-30(3)65-47)54(11)24-23-35-28-55(52-50-35)25-22-34-14-16-37(17-15-34)56(62)63/h14-17,28-33,36,38-40,43-45,47,58-59,61H,13,18-27H2,1-12H3/b51-41+/t29-,30-,31+,32+,33-,36-,38+,39+,40-,43-,44-,45-,47+,48-,49-/m1/s1. The van der Waals surface area contributed by atoms with E-state index in [1.165, 1.54) is 33.1 Å². The molecule has 1 aromatic heterocycles. The first-order chi connectivity index (χ1) is 32.0. The van der Waals surface area contributed by atoms with Crippen LogP contribution in [0.3, 0.4) is 0 Å². The Balaban J connectivity index is 1.38. The van der Waals surface area contributed by atoms with Crippen molar-refractivity contribution in [3.63, 3.8) is 0 Å². The highest BCUT2D eigenvalue weighted by molar-refractivity contribution is 6.00. The third-order valence-corrected chi connectivity index (χ3v) is 15.0. The molecule has 3 N–H and O–H groups in total. The number of aromatic nitrogens is 3. The number of nitro groups is 1. The van der Waals surface area contributed by atoms with Crippen molar-refractivity contribution >= 4 is 23.2 Å². The molecule has 0 amide bonds. The van der Waals surface area contributed by atoms with Crippen molar-refractivity contribution in [3.8, 4) is 0 Å². The number of likely N-dealkylation sites (N-methyl/N-ethyl adjacent to an activating group) is 1. The molecule has 0 bridgehead atoms. The second-order valence-electron chi connectivity index (χ2n) is 20.4. The van der Waals surface area contributed by atoms with E-state index in [4.69, 9.17) is 28.9 Å². The van der Waals surface area contributed by atoms with Crippen LogP contribution in [0.4, 0.5) is 5.69 Å². The Morgan fingerprint density at radius 2 is 1.66 bits per heavy atom. The van der Waals surface area contributed by atoms with Gasteiger partial charge in [0.15, 0.2) is 12.1 Å². The zero-order chi connectivity index (χ0) is 50.2. The van der Waals surface area contributed by atoms with Crippen LogP contribution >= 0.6 is 0 Å². The van der Waals surface area contributed by atoms with E-state index in [2.05, 4.69) is 29.3 Å². The Bertz CT molecular complexity index is 1990. The third kappa shape index (κ3) is 13.3. The number of aliphatic hydroxyl groups excluding tert-OH is 2. The van der Waals surface area contributed by atoms with Gasteiger partial charge in [-0.25, -0.2) is 0 Å². The number of aryl methyl sites for hydroxylation is 2. The number of oxime groups is 1. The molecule has 2 saturated heterocycles. The maximum absolute atomic E-state index is 14.5. The summed E-state index contributed by atoms with van der Waals surface area (Å²) in [5, 5.41) is 60.4. The summed E-state index contributed by atoms with van der Waals surface area (Å²) in [5.41, 5.74) is -0.992. The molecule has 2 aromatic rings. The summed E-state index contributed by atoms with van der Waals surface area (Å²) in [6, 6.07) is 6.47. The normalized spacial score (nSPS) is 36.4.